The molecule has 5 aromatic rings. The van der Waals surface area contributed by atoms with Crippen LogP contribution in [0.15, 0.2) is 54.7 Å². The second-order valence-electron chi connectivity index (χ2n) is 10.7. The van der Waals surface area contributed by atoms with Gasteiger partial charge in [-0.25, -0.2) is 24.7 Å². The lowest BCUT2D eigenvalue weighted by Gasteiger charge is -2.24. The first-order chi connectivity index (χ1) is 18.1. The van der Waals surface area contributed by atoms with E-state index in [0.717, 1.165) is 68.5 Å². The van der Waals surface area contributed by atoms with Crippen molar-refractivity contribution in [3.8, 4) is 28.5 Å². The van der Waals surface area contributed by atoms with E-state index in [1.807, 2.05) is 36.0 Å². The first-order valence-electron chi connectivity index (χ1n) is 12.7. The van der Waals surface area contributed by atoms with Crippen LogP contribution in [0.4, 0.5) is 0 Å². The average molecular weight is 524 g/mol. The summed E-state index contributed by atoms with van der Waals surface area (Å²) in [4.78, 5) is 9.67. The fourth-order valence-electron chi connectivity index (χ4n) is 4.79. The molecule has 0 amide bonds. The molecular formula is C30H33N7S. The summed E-state index contributed by atoms with van der Waals surface area (Å²) >= 11 is 0. The molecular weight excluding hydrogens is 490 g/mol. The van der Waals surface area contributed by atoms with Crippen LogP contribution in [0.1, 0.15) is 35.1 Å². The molecule has 0 fully saturated rings. The summed E-state index contributed by atoms with van der Waals surface area (Å²) in [5.74, 6) is 1.90. The molecule has 194 valence electrons. The Morgan fingerprint density at radius 3 is 2.37 bits per heavy atom. The van der Waals surface area contributed by atoms with Crippen LogP contribution in [0.3, 0.4) is 0 Å². The molecule has 0 aliphatic heterocycles. The van der Waals surface area contributed by atoms with E-state index in [1.165, 1.54) is 0 Å². The number of aromatic nitrogens is 6. The number of pyridine rings is 1. The van der Waals surface area contributed by atoms with Crippen LogP contribution in [0.5, 0.6) is 0 Å². The van der Waals surface area contributed by atoms with E-state index in [0.29, 0.717) is 12.1 Å². The predicted molar refractivity (Wildman–Crippen MR) is 156 cm³/mol. The Bertz CT molecular complexity index is 1660. The van der Waals surface area contributed by atoms with Gasteiger partial charge in [0, 0.05) is 23.2 Å². The third-order valence-corrected chi connectivity index (χ3v) is 7.56. The van der Waals surface area contributed by atoms with Gasteiger partial charge >= 0.3 is 0 Å². The Balaban J connectivity index is 1.46. The molecule has 0 aliphatic rings. The number of imidazole rings is 1. The van der Waals surface area contributed by atoms with Gasteiger partial charge in [-0.1, -0.05) is 42.5 Å². The average Bonchev–Trinajstić information content (AvgIpc) is 3.48. The van der Waals surface area contributed by atoms with Crippen molar-refractivity contribution in [3.63, 3.8) is 0 Å². The summed E-state index contributed by atoms with van der Waals surface area (Å²) in [6, 6.07) is 18.7. The number of fused-ring (bicyclic) bond motifs is 1. The fraction of sp³-hybridized carbons (Fsp3) is 0.300. The third-order valence-electron chi connectivity index (χ3n) is 6.52. The first kappa shape index (κ1) is 25.7. The Labute approximate surface area is 225 Å². The molecule has 38 heavy (non-hydrogen) atoms. The van der Waals surface area contributed by atoms with Crippen molar-refractivity contribution in [1.82, 2.24) is 29.5 Å². The molecule has 5 rings (SSSR count). The van der Waals surface area contributed by atoms with Gasteiger partial charge in [-0.2, -0.15) is 5.26 Å². The van der Waals surface area contributed by atoms with E-state index in [-0.39, 0.29) is 0 Å². The minimum atomic E-state index is -0.744. The van der Waals surface area contributed by atoms with Crippen LogP contribution < -0.4 is 0 Å². The normalized spacial score (nSPS) is 12.1. The minimum Gasteiger partial charge on any atom is -0.308 e. The highest BCUT2D eigenvalue weighted by atomic mass is 32.3. The lowest BCUT2D eigenvalue weighted by molar-refractivity contribution is 0.698. The zero-order valence-corrected chi connectivity index (χ0v) is 23.7. The molecule has 0 radical (unpaired) electrons. The van der Waals surface area contributed by atoms with Crippen molar-refractivity contribution >= 4 is 21.2 Å². The van der Waals surface area contributed by atoms with Crippen LogP contribution in [0.25, 0.3) is 33.5 Å². The molecule has 0 saturated carbocycles. The second-order valence-corrected chi connectivity index (χ2v) is 15.1. The van der Waals surface area contributed by atoms with Gasteiger partial charge in [0.1, 0.15) is 17.0 Å². The molecule has 0 bridgehead atoms. The van der Waals surface area contributed by atoms with Crippen molar-refractivity contribution in [2.24, 2.45) is 0 Å². The van der Waals surface area contributed by atoms with Crippen molar-refractivity contribution in [1.29, 1.82) is 5.26 Å². The van der Waals surface area contributed by atoms with Crippen molar-refractivity contribution < 1.29 is 0 Å². The highest BCUT2D eigenvalue weighted by Crippen LogP contribution is 2.36. The standard InChI is InChI=1S/C30H33N7S/c1-7-28-33-29-20(2)14-21(3)32-30(29)37(28)17-22-8-10-23(11-9-22)26-15-24(12-13-25(26)16-31)27-18-36(35-34-27)19-38(4,5)6/h8-15,18H,7,17,19H2,1-6H3. The largest absolute Gasteiger partial charge is 0.308 e. The van der Waals surface area contributed by atoms with Crippen LogP contribution in [0, 0.1) is 25.2 Å². The SMILES string of the molecule is CCc1nc2c(C)cc(C)nc2n1Cc1ccc(-c2cc(-c3cn(CS(C)(C)C)nn3)ccc2C#N)cc1. The maximum absolute atomic E-state index is 9.81. The third kappa shape index (κ3) is 5.20. The van der Waals surface area contributed by atoms with E-state index in [4.69, 9.17) is 9.97 Å². The van der Waals surface area contributed by atoms with Gasteiger partial charge in [0.05, 0.1) is 30.3 Å². The lowest BCUT2D eigenvalue weighted by atomic mass is 9.96. The van der Waals surface area contributed by atoms with Crippen molar-refractivity contribution in [2.75, 3.05) is 18.8 Å². The Hall–Kier alpha value is -3.96. The monoisotopic (exact) mass is 523 g/mol. The number of aryl methyl sites for hydroxylation is 3. The highest BCUT2D eigenvalue weighted by molar-refractivity contribution is 8.31. The molecule has 2 aromatic carbocycles. The lowest BCUT2D eigenvalue weighted by Crippen LogP contribution is -2.05. The molecule has 0 spiro atoms. The predicted octanol–water partition coefficient (Wildman–Crippen LogP) is 6.11. The Morgan fingerprint density at radius 2 is 1.68 bits per heavy atom. The van der Waals surface area contributed by atoms with Gasteiger partial charge in [-0.05, 0) is 67.5 Å². The number of benzene rings is 2. The van der Waals surface area contributed by atoms with Gasteiger partial charge in [0.25, 0.3) is 0 Å². The maximum Gasteiger partial charge on any atom is 0.160 e. The molecule has 3 aromatic heterocycles. The van der Waals surface area contributed by atoms with E-state index < -0.39 is 10.0 Å². The van der Waals surface area contributed by atoms with Gasteiger partial charge in [0.2, 0.25) is 0 Å². The number of nitrogens with zero attached hydrogens (tertiary/aromatic N) is 7. The van der Waals surface area contributed by atoms with Gasteiger partial charge in [-0.15, -0.1) is 5.10 Å². The van der Waals surface area contributed by atoms with Gasteiger partial charge < -0.3 is 4.57 Å². The van der Waals surface area contributed by atoms with E-state index >= 15 is 0 Å². The summed E-state index contributed by atoms with van der Waals surface area (Å²) in [5, 5.41) is 18.5. The van der Waals surface area contributed by atoms with Crippen LogP contribution in [-0.2, 0) is 18.8 Å². The topological polar surface area (TPSA) is 85.2 Å². The first-order valence-corrected chi connectivity index (χ1v) is 15.7. The highest BCUT2D eigenvalue weighted by Gasteiger charge is 2.15. The fourth-order valence-corrected chi connectivity index (χ4v) is 5.71. The second kappa shape index (κ2) is 10.1. The molecule has 3 heterocycles. The summed E-state index contributed by atoms with van der Waals surface area (Å²) < 4.78 is 4.13. The zero-order chi connectivity index (χ0) is 27.0. The smallest absolute Gasteiger partial charge is 0.160 e. The van der Waals surface area contributed by atoms with E-state index in [9.17, 15) is 5.26 Å². The number of rotatable bonds is 7. The molecule has 0 N–H and O–H groups in total. The van der Waals surface area contributed by atoms with Crippen molar-refractivity contribution in [3.05, 3.63) is 82.9 Å². The summed E-state index contributed by atoms with van der Waals surface area (Å²) in [6.07, 6.45) is 9.61. The molecule has 0 unspecified atom stereocenters. The molecule has 8 heteroatoms. The van der Waals surface area contributed by atoms with Crippen LogP contribution >= 0.6 is 10.0 Å². The number of hydrogen-bond donors (Lipinski definition) is 0. The van der Waals surface area contributed by atoms with E-state index in [1.54, 1.807) is 0 Å². The molecule has 7 nitrogen and oxygen atoms in total. The quantitative estimate of drug-likeness (QED) is 0.257. The molecule has 0 saturated heterocycles. The molecule has 0 atom stereocenters. The zero-order valence-electron chi connectivity index (χ0n) is 22.9. The van der Waals surface area contributed by atoms with Crippen molar-refractivity contribution in [2.45, 2.75) is 39.6 Å². The van der Waals surface area contributed by atoms with Crippen LogP contribution in [-0.4, -0.2) is 48.3 Å². The number of nitriles is 1. The summed E-state index contributed by atoms with van der Waals surface area (Å²) in [5.41, 5.74) is 9.50. The van der Waals surface area contributed by atoms with Crippen LogP contribution in [0.2, 0.25) is 0 Å². The summed E-state index contributed by atoms with van der Waals surface area (Å²) in [6.45, 7) is 6.94. The summed E-state index contributed by atoms with van der Waals surface area (Å²) in [7, 11) is -0.744. The minimum absolute atomic E-state index is 0.636. The van der Waals surface area contributed by atoms with Gasteiger partial charge in [-0.3, -0.25) is 0 Å². The van der Waals surface area contributed by atoms with Gasteiger partial charge in [0.15, 0.2) is 5.65 Å². The molecule has 0 aliphatic carbocycles. The maximum atomic E-state index is 9.81. The Morgan fingerprint density at radius 1 is 0.947 bits per heavy atom. The van der Waals surface area contributed by atoms with E-state index in [2.05, 4.69) is 83.9 Å². The number of hydrogen-bond acceptors (Lipinski definition) is 5. The Kier molecular flexibility index (Phi) is 6.80.